The first-order valence-corrected chi connectivity index (χ1v) is 8.82. The number of benzene rings is 2. The molecule has 1 aliphatic rings. The van der Waals surface area contributed by atoms with Gasteiger partial charge in [0, 0.05) is 22.6 Å². The van der Waals surface area contributed by atoms with E-state index in [1.165, 1.54) is 0 Å². The van der Waals surface area contributed by atoms with Crippen LogP contribution in [0, 0.1) is 0 Å². The van der Waals surface area contributed by atoms with Gasteiger partial charge in [-0.2, -0.15) is 0 Å². The molecule has 0 unspecified atom stereocenters. The smallest absolute Gasteiger partial charge is 0.255 e. The summed E-state index contributed by atoms with van der Waals surface area (Å²) in [7, 11) is 0. The number of hydrogen-bond donors (Lipinski definition) is 1. The van der Waals surface area contributed by atoms with Gasteiger partial charge in [-0.3, -0.25) is 4.79 Å². The molecule has 0 aromatic heterocycles. The Hall–Kier alpha value is -1.85. The second-order valence-electron chi connectivity index (χ2n) is 5.02. The Balaban J connectivity index is 1.84. The number of amides is 1. The number of ether oxygens (including phenoxy) is 2. The van der Waals surface area contributed by atoms with E-state index in [1.54, 1.807) is 23.9 Å². The van der Waals surface area contributed by atoms with E-state index >= 15 is 0 Å². The van der Waals surface area contributed by atoms with Gasteiger partial charge < -0.3 is 14.8 Å². The summed E-state index contributed by atoms with van der Waals surface area (Å²) in [5, 5.41) is 3.26. The highest BCUT2D eigenvalue weighted by Gasteiger charge is 2.18. The second kappa shape index (κ2) is 7.15. The van der Waals surface area contributed by atoms with Crippen LogP contribution in [0.1, 0.15) is 16.8 Å². The summed E-state index contributed by atoms with van der Waals surface area (Å²) in [4.78, 5) is 13.5. The third-order valence-electron chi connectivity index (χ3n) is 3.39. The Kier molecular flexibility index (Phi) is 4.98. The molecule has 0 spiro atoms. The Morgan fingerprint density at radius 1 is 1.22 bits per heavy atom. The number of carbonyl (C=O) groups excluding carboxylic acids is 1. The van der Waals surface area contributed by atoms with Crippen LogP contribution in [0.15, 0.2) is 41.3 Å². The third-order valence-corrected chi connectivity index (χ3v) is 4.40. The molecule has 0 saturated heterocycles. The maximum atomic E-state index is 12.5. The first-order valence-electron chi connectivity index (χ1n) is 7.22. The predicted molar refractivity (Wildman–Crippen MR) is 93.2 cm³/mol. The lowest BCUT2D eigenvalue weighted by Crippen LogP contribution is -2.12. The minimum absolute atomic E-state index is 0.235. The first-order chi connectivity index (χ1) is 11.2. The molecule has 1 heterocycles. The van der Waals surface area contributed by atoms with E-state index in [0.717, 1.165) is 17.0 Å². The van der Waals surface area contributed by atoms with Crippen LogP contribution >= 0.6 is 23.4 Å². The molecular weight excluding hydrogens is 334 g/mol. The number of nitrogens with one attached hydrogen (secondary N) is 1. The molecule has 1 amide bonds. The second-order valence-corrected chi connectivity index (χ2v) is 6.31. The summed E-state index contributed by atoms with van der Waals surface area (Å²) >= 11 is 7.85. The van der Waals surface area contributed by atoms with Crippen molar-refractivity contribution < 1.29 is 14.3 Å². The summed E-state index contributed by atoms with van der Waals surface area (Å²) in [6.07, 6.45) is 2.78. The largest absolute Gasteiger partial charge is 0.489 e. The quantitative estimate of drug-likeness (QED) is 0.830. The SMILES string of the molecule is CSc1cccc(NC(=O)c2cc(Cl)c3c(c2)OCCCO3)c1. The summed E-state index contributed by atoms with van der Waals surface area (Å²) < 4.78 is 11.2. The molecule has 0 aliphatic carbocycles. The van der Waals surface area contributed by atoms with Gasteiger partial charge in [0.1, 0.15) is 0 Å². The topological polar surface area (TPSA) is 47.6 Å². The lowest BCUT2D eigenvalue weighted by atomic mass is 10.1. The van der Waals surface area contributed by atoms with Gasteiger partial charge in [0.25, 0.3) is 5.91 Å². The van der Waals surface area contributed by atoms with Gasteiger partial charge in [0.2, 0.25) is 0 Å². The molecular formula is C17H16ClNO3S. The molecule has 1 aliphatic heterocycles. The van der Waals surface area contributed by atoms with E-state index in [-0.39, 0.29) is 5.91 Å². The zero-order valence-electron chi connectivity index (χ0n) is 12.6. The zero-order valence-corrected chi connectivity index (χ0v) is 14.2. The van der Waals surface area contributed by atoms with Crippen molar-refractivity contribution in [1.29, 1.82) is 0 Å². The minimum Gasteiger partial charge on any atom is -0.489 e. The molecule has 0 radical (unpaired) electrons. The average Bonchev–Trinajstić information content (AvgIpc) is 2.80. The standard InChI is InChI=1S/C17H16ClNO3S/c1-23-13-5-2-4-12(10-13)19-17(20)11-8-14(18)16-15(9-11)21-6-3-7-22-16/h2,4-5,8-10H,3,6-7H2,1H3,(H,19,20). The van der Waals surface area contributed by atoms with E-state index in [0.29, 0.717) is 35.3 Å². The van der Waals surface area contributed by atoms with Crippen molar-refractivity contribution in [3.8, 4) is 11.5 Å². The highest BCUT2D eigenvalue weighted by molar-refractivity contribution is 7.98. The Labute approximate surface area is 144 Å². The maximum absolute atomic E-state index is 12.5. The fraction of sp³-hybridized carbons (Fsp3) is 0.235. The van der Waals surface area contributed by atoms with Gasteiger partial charge in [-0.15, -0.1) is 11.8 Å². The molecule has 2 aromatic carbocycles. The van der Waals surface area contributed by atoms with Crippen LogP contribution in [-0.4, -0.2) is 25.4 Å². The summed E-state index contributed by atoms with van der Waals surface area (Å²) in [6.45, 7) is 1.10. The number of rotatable bonds is 3. The van der Waals surface area contributed by atoms with Crippen LogP contribution in [0.25, 0.3) is 0 Å². The molecule has 0 fully saturated rings. The monoisotopic (exact) mass is 349 g/mol. The first kappa shape index (κ1) is 16.0. The Morgan fingerprint density at radius 3 is 2.87 bits per heavy atom. The van der Waals surface area contributed by atoms with E-state index in [9.17, 15) is 4.79 Å². The summed E-state index contributed by atoms with van der Waals surface area (Å²) in [5.41, 5.74) is 1.18. The molecule has 3 rings (SSSR count). The highest BCUT2D eigenvalue weighted by Crippen LogP contribution is 2.38. The number of thioether (sulfide) groups is 1. The molecule has 1 N–H and O–H groups in total. The Bertz CT molecular complexity index is 736. The normalized spacial score (nSPS) is 13.3. The van der Waals surface area contributed by atoms with E-state index in [2.05, 4.69) is 5.32 Å². The van der Waals surface area contributed by atoms with Crippen LogP contribution < -0.4 is 14.8 Å². The lowest BCUT2D eigenvalue weighted by molar-refractivity contribution is 0.102. The van der Waals surface area contributed by atoms with Crippen molar-refractivity contribution in [1.82, 2.24) is 0 Å². The number of hydrogen-bond acceptors (Lipinski definition) is 4. The van der Waals surface area contributed by atoms with Gasteiger partial charge in [0.15, 0.2) is 11.5 Å². The molecule has 4 nitrogen and oxygen atoms in total. The molecule has 0 saturated carbocycles. The van der Waals surface area contributed by atoms with Crippen molar-refractivity contribution in [2.45, 2.75) is 11.3 Å². The molecule has 0 bridgehead atoms. The van der Waals surface area contributed by atoms with Crippen LogP contribution in [0.3, 0.4) is 0 Å². The number of fused-ring (bicyclic) bond motifs is 1. The molecule has 120 valence electrons. The fourth-order valence-electron chi connectivity index (χ4n) is 2.27. The van der Waals surface area contributed by atoms with E-state index < -0.39 is 0 Å². The van der Waals surface area contributed by atoms with Gasteiger partial charge in [-0.25, -0.2) is 0 Å². The summed E-state index contributed by atoms with van der Waals surface area (Å²) in [6, 6.07) is 10.9. The third kappa shape index (κ3) is 3.74. The minimum atomic E-state index is -0.235. The zero-order chi connectivity index (χ0) is 16.2. The van der Waals surface area contributed by atoms with Crippen LogP contribution in [0.5, 0.6) is 11.5 Å². The van der Waals surface area contributed by atoms with E-state index in [1.807, 2.05) is 30.5 Å². The number of halogens is 1. The molecule has 23 heavy (non-hydrogen) atoms. The van der Waals surface area contributed by atoms with Crippen molar-refractivity contribution >= 4 is 35.0 Å². The average molecular weight is 350 g/mol. The predicted octanol–water partition coefficient (Wildman–Crippen LogP) is 4.48. The fourth-order valence-corrected chi connectivity index (χ4v) is 2.99. The molecule has 6 heteroatoms. The van der Waals surface area contributed by atoms with Crippen molar-refractivity contribution in [2.75, 3.05) is 24.8 Å². The lowest BCUT2D eigenvalue weighted by Gasteiger charge is -2.12. The molecule has 2 aromatic rings. The highest BCUT2D eigenvalue weighted by atomic mass is 35.5. The van der Waals surface area contributed by atoms with Crippen LogP contribution in [0.2, 0.25) is 5.02 Å². The number of anilines is 1. The molecule has 0 atom stereocenters. The van der Waals surface area contributed by atoms with Gasteiger partial charge in [0.05, 0.1) is 18.2 Å². The van der Waals surface area contributed by atoms with Crippen LogP contribution in [-0.2, 0) is 0 Å². The van der Waals surface area contributed by atoms with E-state index in [4.69, 9.17) is 21.1 Å². The van der Waals surface area contributed by atoms with Crippen molar-refractivity contribution in [3.05, 3.63) is 47.0 Å². The van der Waals surface area contributed by atoms with Crippen LogP contribution in [0.4, 0.5) is 5.69 Å². The summed E-state index contributed by atoms with van der Waals surface area (Å²) in [5.74, 6) is 0.781. The van der Waals surface area contributed by atoms with Crippen molar-refractivity contribution in [3.63, 3.8) is 0 Å². The maximum Gasteiger partial charge on any atom is 0.255 e. The Morgan fingerprint density at radius 2 is 2.04 bits per heavy atom. The number of carbonyl (C=O) groups is 1. The van der Waals surface area contributed by atoms with Gasteiger partial charge >= 0.3 is 0 Å². The van der Waals surface area contributed by atoms with Gasteiger partial charge in [-0.05, 0) is 36.6 Å². The van der Waals surface area contributed by atoms with Gasteiger partial charge in [-0.1, -0.05) is 17.7 Å². The van der Waals surface area contributed by atoms with Crippen molar-refractivity contribution in [2.24, 2.45) is 0 Å².